The summed E-state index contributed by atoms with van der Waals surface area (Å²) in [5, 5.41) is 6.25. The van der Waals surface area contributed by atoms with Crippen molar-refractivity contribution in [3.63, 3.8) is 0 Å². The van der Waals surface area contributed by atoms with Gasteiger partial charge in [-0.05, 0) is 44.7 Å². The maximum Gasteiger partial charge on any atom is 0.223 e. The van der Waals surface area contributed by atoms with Crippen LogP contribution < -0.4 is 10.6 Å². The molecule has 0 spiro atoms. The van der Waals surface area contributed by atoms with Gasteiger partial charge in [0.05, 0.1) is 0 Å². The lowest BCUT2D eigenvalue weighted by Gasteiger charge is -2.21. The second-order valence-electron chi connectivity index (χ2n) is 5.88. The zero-order valence-electron chi connectivity index (χ0n) is 14.0. The van der Waals surface area contributed by atoms with Crippen molar-refractivity contribution in [3.8, 4) is 0 Å². The number of carbonyl (C=O) groups excluding carboxylic acids is 2. The molecular formula is C16H32ClN3O2. The zero-order valence-corrected chi connectivity index (χ0v) is 14.8. The van der Waals surface area contributed by atoms with Gasteiger partial charge in [0.2, 0.25) is 11.8 Å². The number of amides is 2. The first-order valence-corrected chi connectivity index (χ1v) is 8.42. The molecule has 1 fully saturated rings. The van der Waals surface area contributed by atoms with Crippen LogP contribution in [0.1, 0.15) is 52.4 Å². The summed E-state index contributed by atoms with van der Waals surface area (Å²) in [5.41, 5.74) is 0. The number of rotatable bonds is 10. The molecule has 1 aliphatic rings. The minimum Gasteiger partial charge on any atom is -0.356 e. The summed E-state index contributed by atoms with van der Waals surface area (Å²) in [6.07, 6.45) is 4.81. The lowest BCUT2D eigenvalue weighted by atomic mass is 10.1. The summed E-state index contributed by atoms with van der Waals surface area (Å²) in [6, 6.07) is 0. The first kappa shape index (κ1) is 21.2. The number of nitrogens with zero attached hydrogens (tertiary/aromatic N) is 1. The molecule has 1 rings (SSSR count). The molecule has 0 saturated carbocycles. The van der Waals surface area contributed by atoms with E-state index < -0.39 is 0 Å². The fourth-order valence-electron chi connectivity index (χ4n) is 2.74. The van der Waals surface area contributed by atoms with Crippen molar-refractivity contribution >= 4 is 24.2 Å². The van der Waals surface area contributed by atoms with Gasteiger partial charge in [-0.3, -0.25) is 9.59 Å². The molecule has 2 amide bonds. The zero-order chi connectivity index (χ0) is 15.5. The number of carbonyl (C=O) groups is 2. The smallest absolute Gasteiger partial charge is 0.223 e. The fourth-order valence-corrected chi connectivity index (χ4v) is 2.74. The van der Waals surface area contributed by atoms with Gasteiger partial charge in [0.15, 0.2) is 0 Å². The second-order valence-corrected chi connectivity index (χ2v) is 5.88. The monoisotopic (exact) mass is 333 g/mol. The third-order valence-electron chi connectivity index (χ3n) is 3.94. The van der Waals surface area contributed by atoms with Gasteiger partial charge in [-0.25, -0.2) is 0 Å². The highest BCUT2D eigenvalue weighted by atomic mass is 35.5. The Morgan fingerprint density at radius 3 is 2.41 bits per heavy atom. The Morgan fingerprint density at radius 2 is 1.86 bits per heavy atom. The van der Waals surface area contributed by atoms with Gasteiger partial charge in [-0.2, -0.15) is 0 Å². The van der Waals surface area contributed by atoms with E-state index in [4.69, 9.17) is 0 Å². The Morgan fingerprint density at radius 1 is 1.18 bits per heavy atom. The maximum absolute atomic E-state index is 12.0. The maximum atomic E-state index is 12.0. The van der Waals surface area contributed by atoms with Crippen LogP contribution >= 0.6 is 12.4 Å². The van der Waals surface area contributed by atoms with Crippen LogP contribution in [0.25, 0.3) is 0 Å². The highest BCUT2D eigenvalue weighted by molar-refractivity contribution is 5.85. The standard InChI is InChI=1S/C16H31N3O2.ClH/c1-3-11-19(12-4-2)16(21)6-5-15(20)18-10-8-14-7-9-17-13-14;/h14,17H,3-13H2,1-2H3,(H,18,20);1H. The lowest BCUT2D eigenvalue weighted by molar-refractivity contribution is -0.133. The van der Waals surface area contributed by atoms with Crippen molar-refractivity contribution in [1.82, 2.24) is 15.5 Å². The van der Waals surface area contributed by atoms with Crippen LogP contribution in [0, 0.1) is 5.92 Å². The average molecular weight is 334 g/mol. The molecule has 0 aliphatic carbocycles. The lowest BCUT2D eigenvalue weighted by Crippen LogP contribution is -2.34. The third kappa shape index (κ3) is 8.59. The van der Waals surface area contributed by atoms with Crippen molar-refractivity contribution in [2.75, 3.05) is 32.7 Å². The van der Waals surface area contributed by atoms with Crippen molar-refractivity contribution < 1.29 is 9.59 Å². The molecule has 1 aliphatic heterocycles. The largest absolute Gasteiger partial charge is 0.356 e. The summed E-state index contributed by atoms with van der Waals surface area (Å²) in [6.45, 7) is 8.62. The van der Waals surface area contributed by atoms with E-state index in [1.807, 2.05) is 4.90 Å². The molecule has 1 heterocycles. The Hall–Kier alpha value is -0.810. The molecule has 1 unspecified atom stereocenters. The Labute approximate surface area is 141 Å². The molecule has 0 aromatic heterocycles. The molecule has 5 nitrogen and oxygen atoms in total. The van der Waals surface area contributed by atoms with Crippen LogP contribution in [0.2, 0.25) is 0 Å². The Bertz CT molecular complexity index is 315. The average Bonchev–Trinajstić information content (AvgIpc) is 2.98. The summed E-state index contributed by atoms with van der Waals surface area (Å²) < 4.78 is 0. The van der Waals surface area contributed by atoms with Gasteiger partial charge >= 0.3 is 0 Å². The molecule has 0 aromatic rings. The van der Waals surface area contributed by atoms with Gasteiger partial charge < -0.3 is 15.5 Å². The quantitative estimate of drug-likeness (QED) is 0.642. The van der Waals surface area contributed by atoms with E-state index in [2.05, 4.69) is 24.5 Å². The highest BCUT2D eigenvalue weighted by Crippen LogP contribution is 2.10. The summed E-state index contributed by atoms with van der Waals surface area (Å²) >= 11 is 0. The van der Waals surface area contributed by atoms with E-state index >= 15 is 0 Å². The molecule has 0 bridgehead atoms. The molecular weight excluding hydrogens is 302 g/mol. The molecule has 1 saturated heterocycles. The van der Waals surface area contributed by atoms with Crippen molar-refractivity contribution in [1.29, 1.82) is 0 Å². The van der Waals surface area contributed by atoms with Crippen molar-refractivity contribution in [3.05, 3.63) is 0 Å². The first-order valence-electron chi connectivity index (χ1n) is 8.42. The van der Waals surface area contributed by atoms with Crippen LogP contribution in [0.3, 0.4) is 0 Å². The summed E-state index contributed by atoms with van der Waals surface area (Å²) in [7, 11) is 0. The van der Waals surface area contributed by atoms with Gasteiger partial charge in [-0.1, -0.05) is 13.8 Å². The molecule has 2 N–H and O–H groups in total. The fraction of sp³-hybridized carbons (Fsp3) is 0.875. The highest BCUT2D eigenvalue weighted by Gasteiger charge is 2.15. The van der Waals surface area contributed by atoms with Crippen LogP contribution in [-0.2, 0) is 9.59 Å². The third-order valence-corrected chi connectivity index (χ3v) is 3.94. The van der Waals surface area contributed by atoms with E-state index in [1.165, 1.54) is 6.42 Å². The molecule has 0 aromatic carbocycles. The molecule has 1 atom stereocenters. The Balaban J connectivity index is 0.00000441. The number of nitrogens with one attached hydrogen (secondary N) is 2. The Kier molecular flexibility index (Phi) is 12.2. The molecule has 6 heteroatoms. The van der Waals surface area contributed by atoms with Gasteiger partial charge in [-0.15, -0.1) is 12.4 Å². The topological polar surface area (TPSA) is 61.4 Å². The number of hydrogen-bond acceptors (Lipinski definition) is 3. The minimum absolute atomic E-state index is 0. The minimum atomic E-state index is 0. The molecule has 130 valence electrons. The molecule has 0 radical (unpaired) electrons. The van der Waals surface area contributed by atoms with Crippen LogP contribution in [-0.4, -0.2) is 49.4 Å². The van der Waals surface area contributed by atoms with E-state index in [1.54, 1.807) is 0 Å². The van der Waals surface area contributed by atoms with E-state index in [0.717, 1.165) is 52.0 Å². The van der Waals surface area contributed by atoms with Gasteiger partial charge in [0.25, 0.3) is 0 Å². The SMILES string of the molecule is CCCN(CCC)C(=O)CCC(=O)NCCC1CCNC1.Cl. The van der Waals surface area contributed by atoms with Crippen molar-refractivity contribution in [2.24, 2.45) is 5.92 Å². The predicted octanol–water partition coefficient (Wildman–Crippen LogP) is 1.95. The second kappa shape index (κ2) is 12.7. The first-order chi connectivity index (χ1) is 10.2. The predicted molar refractivity (Wildman–Crippen MR) is 92.2 cm³/mol. The normalized spacial score (nSPS) is 16.9. The number of halogens is 1. The van der Waals surface area contributed by atoms with Crippen molar-refractivity contribution in [2.45, 2.75) is 52.4 Å². The van der Waals surface area contributed by atoms with Gasteiger partial charge in [0, 0.05) is 32.5 Å². The summed E-state index contributed by atoms with van der Waals surface area (Å²) in [5.74, 6) is 0.799. The van der Waals surface area contributed by atoms with Crippen LogP contribution in [0.4, 0.5) is 0 Å². The van der Waals surface area contributed by atoms with Crippen LogP contribution in [0.15, 0.2) is 0 Å². The van der Waals surface area contributed by atoms with Crippen LogP contribution in [0.5, 0.6) is 0 Å². The van der Waals surface area contributed by atoms with E-state index in [-0.39, 0.29) is 24.2 Å². The molecule has 22 heavy (non-hydrogen) atoms. The number of hydrogen-bond donors (Lipinski definition) is 2. The van der Waals surface area contributed by atoms with E-state index in [0.29, 0.717) is 18.8 Å². The summed E-state index contributed by atoms with van der Waals surface area (Å²) in [4.78, 5) is 25.7. The van der Waals surface area contributed by atoms with E-state index in [9.17, 15) is 9.59 Å². The van der Waals surface area contributed by atoms with Gasteiger partial charge in [0.1, 0.15) is 0 Å².